The Hall–Kier alpha value is -3.45. The first-order valence-corrected chi connectivity index (χ1v) is 9.55. The second-order valence-electron chi connectivity index (χ2n) is 6.55. The minimum absolute atomic E-state index is 0.174. The molecule has 30 heavy (non-hydrogen) atoms. The van der Waals surface area contributed by atoms with Crippen LogP contribution in [-0.2, 0) is 0 Å². The predicted molar refractivity (Wildman–Crippen MR) is 115 cm³/mol. The summed E-state index contributed by atoms with van der Waals surface area (Å²) in [7, 11) is 4.68. The number of halogens is 1. The number of pyridine rings is 1. The van der Waals surface area contributed by atoms with Gasteiger partial charge in [-0.3, -0.25) is 14.7 Å². The first-order chi connectivity index (χ1) is 14.6. The van der Waals surface area contributed by atoms with Crippen LogP contribution in [0.5, 0.6) is 17.2 Å². The molecule has 1 amide bonds. The molecule has 0 saturated heterocycles. The number of carbonyl (C=O) groups excluding carboxylic acids is 1. The maximum absolute atomic E-state index is 13.3. The van der Waals surface area contributed by atoms with E-state index in [1.807, 2.05) is 18.2 Å². The molecule has 2 aromatic carbocycles. The third-order valence-electron chi connectivity index (χ3n) is 4.90. The molecule has 0 spiro atoms. The molecule has 0 saturated carbocycles. The maximum Gasteiger partial charge on any atom is 0.262 e. The van der Waals surface area contributed by atoms with E-state index in [0.29, 0.717) is 44.9 Å². The summed E-state index contributed by atoms with van der Waals surface area (Å²) in [6.45, 7) is 0. The van der Waals surface area contributed by atoms with Crippen molar-refractivity contribution in [3.63, 3.8) is 0 Å². The van der Waals surface area contributed by atoms with Crippen molar-refractivity contribution in [2.75, 3.05) is 31.5 Å². The highest BCUT2D eigenvalue weighted by Gasteiger charge is 2.39. The number of carbonyl (C=O) groups is 1. The van der Waals surface area contributed by atoms with E-state index in [2.05, 4.69) is 10.3 Å². The lowest BCUT2D eigenvalue weighted by atomic mass is 10.2. The molecule has 3 aromatic rings. The third kappa shape index (κ3) is 3.37. The van der Waals surface area contributed by atoms with Crippen molar-refractivity contribution < 1.29 is 19.0 Å². The highest BCUT2D eigenvalue weighted by Crippen LogP contribution is 2.43. The Morgan fingerprint density at radius 3 is 2.53 bits per heavy atom. The summed E-state index contributed by atoms with van der Waals surface area (Å²) in [4.78, 5) is 19.3. The van der Waals surface area contributed by atoms with Gasteiger partial charge in [-0.15, -0.1) is 0 Å². The zero-order chi connectivity index (χ0) is 21.3. The van der Waals surface area contributed by atoms with Gasteiger partial charge in [-0.25, -0.2) is 0 Å². The van der Waals surface area contributed by atoms with E-state index in [1.165, 1.54) is 0 Å². The zero-order valence-corrected chi connectivity index (χ0v) is 17.4. The number of benzene rings is 2. The smallest absolute Gasteiger partial charge is 0.262 e. The summed E-state index contributed by atoms with van der Waals surface area (Å²) in [6, 6.07) is 14.2. The maximum atomic E-state index is 13.3. The number of nitrogens with zero attached hydrogens (tertiary/aromatic N) is 2. The van der Waals surface area contributed by atoms with Crippen LogP contribution in [0.4, 0.5) is 11.4 Å². The van der Waals surface area contributed by atoms with Gasteiger partial charge < -0.3 is 19.5 Å². The molecule has 4 rings (SSSR count). The molecule has 0 aliphatic carbocycles. The number of rotatable bonds is 6. The van der Waals surface area contributed by atoms with Gasteiger partial charge in [-0.2, -0.15) is 0 Å². The molecule has 1 aliphatic heterocycles. The molecular formula is C22H20ClN3O4. The Balaban J connectivity index is 1.82. The summed E-state index contributed by atoms with van der Waals surface area (Å²) in [5, 5.41) is 3.74. The van der Waals surface area contributed by atoms with Crippen molar-refractivity contribution in [3.8, 4) is 17.2 Å². The van der Waals surface area contributed by atoms with E-state index >= 15 is 0 Å². The van der Waals surface area contributed by atoms with Gasteiger partial charge in [-0.1, -0.05) is 17.7 Å². The van der Waals surface area contributed by atoms with E-state index in [0.717, 1.165) is 0 Å². The van der Waals surface area contributed by atoms with Gasteiger partial charge in [0, 0.05) is 24.4 Å². The molecule has 8 heteroatoms. The third-order valence-corrected chi connectivity index (χ3v) is 5.20. The Bertz CT molecular complexity index is 1110. The number of ether oxygens (including phenoxy) is 3. The average Bonchev–Trinajstić information content (AvgIpc) is 3.06. The lowest BCUT2D eigenvalue weighted by molar-refractivity contribution is 0.0993. The molecule has 0 radical (unpaired) electrons. The molecule has 1 N–H and O–H groups in total. The minimum atomic E-state index is -0.597. The van der Waals surface area contributed by atoms with Gasteiger partial charge in [0.05, 0.1) is 49.0 Å². The van der Waals surface area contributed by atoms with Crippen LogP contribution < -0.4 is 24.4 Å². The number of aromatic nitrogens is 1. The summed E-state index contributed by atoms with van der Waals surface area (Å²) < 4.78 is 16.1. The Kier molecular flexibility index (Phi) is 5.37. The minimum Gasteiger partial charge on any atom is -0.497 e. The lowest BCUT2D eigenvalue weighted by Crippen LogP contribution is -2.32. The quantitative estimate of drug-likeness (QED) is 0.625. The number of fused-ring (bicyclic) bond motifs is 1. The summed E-state index contributed by atoms with van der Waals surface area (Å²) in [5.41, 5.74) is 2.31. The standard InChI is InChI=1S/C22H20ClN3O4/c1-28-14-7-4-6-13(10-14)26-21(19-16(22(26)27)8-5-9-24-19)25-20-17(23)11-15(29-2)12-18(20)30-3/h4-12,21,25H,1-3H3. The number of hydrogen-bond donors (Lipinski definition) is 1. The number of anilines is 2. The Morgan fingerprint density at radius 1 is 1.00 bits per heavy atom. The molecule has 154 valence electrons. The Labute approximate surface area is 179 Å². The van der Waals surface area contributed by atoms with E-state index < -0.39 is 6.17 Å². The van der Waals surface area contributed by atoms with Crippen LogP contribution in [0.15, 0.2) is 54.7 Å². The highest BCUT2D eigenvalue weighted by molar-refractivity contribution is 6.33. The van der Waals surface area contributed by atoms with Crippen LogP contribution in [0, 0.1) is 0 Å². The van der Waals surface area contributed by atoms with Gasteiger partial charge >= 0.3 is 0 Å². The number of amides is 1. The molecule has 7 nitrogen and oxygen atoms in total. The summed E-state index contributed by atoms with van der Waals surface area (Å²) >= 11 is 6.51. The van der Waals surface area contributed by atoms with Crippen molar-refractivity contribution in [1.82, 2.24) is 4.98 Å². The van der Waals surface area contributed by atoms with Crippen molar-refractivity contribution >= 4 is 28.9 Å². The van der Waals surface area contributed by atoms with E-state index in [9.17, 15) is 4.79 Å². The number of methoxy groups -OCH3 is 3. The van der Waals surface area contributed by atoms with Gasteiger partial charge in [0.15, 0.2) is 6.17 Å². The van der Waals surface area contributed by atoms with E-state index in [1.54, 1.807) is 62.8 Å². The zero-order valence-electron chi connectivity index (χ0n) is 16.7. The fourth-order valence-corrected chi connectivity index (χ4v) is 3.71. The van der Waals surface area contributed by atoms with Crippen LogP contribution in [-0.4, -0.2) is 32.2 Å². The molecular weight excluding hydrogens is 406 g/mol. The summed E-state index contributed by atoms with van der Waals surface area (Å²) in [5.74, 6) is 1.52. The number of nitrogens with one attached hydrogen (secondary N) is 1. The van der Waals surface area contributed by atoms with Crippen LogP contribution in [0.1, 0.15) is 22.2 Å². The SMILES string of the molecule is COc1cccc(N2C(=O)c3cccnc3C2Nc2c(Cl)cc(OC)cc2OC)c1. The van der Waals surface area contributed by atoms with E-state index in [4.69, 9.17) is 25.8 Å². The molecule has 0 fully saturated rings. The lowest BCUT2D eigenvalue weighted by Gasteiger charge is -2.28. The molecule has 0 bridgehead atoms. The van der Waals surface area contributed by atoms with Crippen LogP contribution >= 0.6 is 11.6 Å². The van der Waals surface area contributed by atoms with Crippen molar-refractivity contribution in [1.29, 1.82) is 0 Å². The fourth-order valence-electron chi connectivity index (χ4n) is 3.46. The monoisotopic (exact) mass is 425 g/mol. The largest absolute Gasteiger partial charge is 0.497 e. The van der Waals surface area contributed by atoms with Gasteiger partial charge in [0.2, 0.25) is 0 Å². The van der Waals surface area contributed by atoms with Gasteiger partial charge in [0.25, 0.3) is 5.91 Å². The topological polar surface area (TPSA) is 72.9 Å². The normalized spacial score (nSPS) is 15.0. The van der Waals surface area contributed by atoms with Crippen LogP contribution in [0.2, 0.25) is 5.02 Å². The van der Waals surface area contributed by atoms with Gasteiger partial charge in [-0.05, 0) is 24.3 Å². The predicted octanol–water partition coefficient (Wildman–Crippen LogP) is 4.53. The van der Waals surface area contributed by atoms with E-state index in [-0.39, 0.29) is 5.91 Å². The number of hydrogen-bond acceptors (Lipinski definition) is 6. The fraction of sp³-hybridized carbons (Fsp3) is 0.182. The second kappa shape index (κ2) is 8.12. The Morgan fingerprint density at radius 2 is 1.80 bits per heavy atom. The molecule has 1 unspecified atom stereocenters. The highest BCUT2D eigenvalue weighted by atomic mass is 35.5. The van der Waals surface area contributed by atoms with Crippen molar-refractivity contribution in [2.24, 2.45) is 0 Å². The van der Waals surface area contributed by atoms with Crippen molar-refractivity contribution in [3.05, 3.63) is 71.0 Å². The average molecular weight is 426 g/mol. The first-order valence-electron chi connectivity index (χ1n) is 9.18. The second-order valence-corrected chi connectivity index (χ2v) is 6.95. The van der Waals surface area contributed by atoms with Crippen molar-refractivity contribution in [2.45, 2.75) is 6.17 Å². The van der Waals surface area contributed by atoms with Crippen LogP contribution in [0.25, 0.3) is 0 Å². The molecule has 1 atom stereocenters. The molecule has 2 heterocycles. The first kappa shape index (κ1) is 19.8. The van der Waals surface area contributed by atoms with Crippen LogP contribution in [0.3, 0.4) is 0 Å². The van der Waals surface area contributed by atoms with Gasteiger partial charge in [0.1, 0.15) is 17.2 Å². The molecule has 1 aliphatic rings. The molecule has 1 aromatic heterocycles. The summed E-state index contributed by atoms with van der Waals surface area (Å²) in [6.07, 6.45) is 1.06.